The second kappa shape index (κ2) is 5.18. The minimum Gasteiger partial charge on any atom is -0.337 e. The fourth-order valence-corrected chi connectivity index (χ4v) is 2.18. The van der Waals surface area contributed by atoms with E-state index in [1.807, 2.05) is 18.2 Å². The van der Waals surface area contributed by atoms with Gasteiger partial charge in [-0.25, -0.2) is 4.68 Å². The minimum atomic E-state index is -0.217. The first-order valence-electron chi connectivity index (χ1n) is 7.11. The lowest BCUT2D eigenvalue weighted by Gasteiger charge is -2.04. The molecule has 0 amide bonds. The molecule has 7 heteroatoms. The molecule has 0 unspecified atom stereocenters. The van der Waals surface area contributed by atoms with Gasteiger partial charge in [0.25, 0.3) is 5.56 Å². The molecule has 3 aromatic heterocycles. The predicted molar refractivity (Wildman–Crippen MR) is 77.1 cm³/mol. The second-order valence-corrected chi connectivity index (χ2v) is 5.25. The van der Waals surface area contributed by atoms with Crippen LogP contribution in [-0.2, 0) is 6.54 Å². The molecule has 0 aromatic carbocycles. The zero-order valence-electron chi connectivity index (χ0n) is 11.7. The van der Waals surface area contributed by atoms with Crippen molar-refractivity contribution in [2.45, 2.75) is 25.3 Å². The van der Waals surface area contributed by atoms with E-state index in [0.29, 0.717) is 23.2 Å². The first-order valence-corrected chi connectivity index (χ1v) is 7.11. The molecule has 0 spiro atoms. The maximum atomic E-state index is 12.0. The maximum absolute atomic E-state index is 12.0. The number of hydrogen-bond donors (Lipinski definition) is 0. The van der Waals surface area contributed by atoms with Crippen molar-refractivity contribution in [3.8, 4) is 11.4 Å². The van der Waals surface area contributed by atoms with E-state index in [0.717, 1.165) is 18.7 Å². The second-order valence-electron chi connectivity index (χ2n) is 5.25. The lowest BCUT2D eigenvalue weighted by atomic mass is 10.2. The first kappa shape index (κ1) is 12.9. The van der Waals surface area contributed by atoms with E-state index in [1.165, 1.54) is 10.7 Å². The summed E-state index contributed by atoms with van der Waals surface area (Å²) in [6.07, 6.45) is 3.89. The van der Waals surface area contributed by atoms with Crippen molar-refractivity contribution in [2.24, 2.45) is 0 Å². The standard InChI is InChI=1S/C15H13N5O2/c21-14-7-6-12(11-3-1-2-8-16-11)18-20(14)9-13-17-15(19-22-13)10-4-5-10/h1-3,6-8,10H,4-5,9H2. The highest BCUT2D eigenvalue weighted by Gasteiger charge is 2.28. The van der Waals surface area contributed by atoms with E-state index in [9.17, 15) is 4.79 Å². The molecule has 0 aliphatic heterocycles. The van der Waals surface area contributed by atoms with Crippen molar-refractivity contribution in [2.75, 3.05) is 0 Å². The van der Waals surface area contributed by atoms with Crippen LogP contribution in [0, 0.1) is 0 Å². The van der Waals surface area contributed by atoms with Gasteiger partial charge in [-0.1, -0.05) is 11.2 Å². The van der Waals surface area contributed by atoms with E-state index in [4.69, 9.17) is 4.52 Å². The van der Waals surface area contributed by atoms with Gasteiger partial charge in [-0.15, -0.1) is 0 Å². The molecule has 0 N–H and O–H groups in total. The van der Waals surface area contributed by atoms with Crippen LogP contribution >= 0.6 is 0 Å². The monoisotopic (exact) mass is 295 g/mol. The molecule has 1 fully saturated rings. The smallest absolute Gasteiger partial charge is 0.267 e. The highest BCUT2D eigenvalue weighted by molar-refractivity contribution is 5.52. The Kier molecular flexibility index (Phi) is 3.03. The van der Waals surface area contributed by atoms with Crippen molar-refractivity contribution < 1.29 is 4.52 Å². The summed E-state index contributed by atoms with van der Waals surface area (Å²) in [6, 6.07) is 8.67. The zero-order chi connectivity index (χ0) is 14.9. The van der Waals surface area contributed by atoms with E-state index in [-0.39, 0.29) is 12.1 Å². The quantitative estimate of drug-likeness (QED) is 0.727. The lowest BCUT2D eigenvalue weighted by Crippen LogP contribution is -2.23. The number of hydrogen-bond acceptors (Lipinski definition) is 6. The largest absolute Gasteiger partial charge is 0.337 e. The van der Waals surface area contributed by atoms with E-state index < -0.39 is 0 Å². The van der Waals surface area contributed by atoms with Crippen LogP contribution in [0.4, 0.5) is 0 Å². The molecule has 0 saturated heterocycles. The van der Waals surface area contributed by atoms with Crippen LogP contribution in [0.1, 0.15) is 30.5 Å². The number of nitrogens with zero attached hydrogens (tertiary/aromatic N) is 5. The summed E-state index contributed by atoms with van der Waals surface area (Å²) in [5, 5.41) is 8.26. The molecule has 3 aromatic rings. The maximum Gasteiger partial charge on any atom is 0.267 e. The minimum absolute atomic E-state index is 0.166. The number of pyridine rings is 1. The lowest BCUT2D eigenvalue weighted by molar-refractivity contribution is 0.358. The molecule has 22 heavy (non-hydrogen) atoms. The molecule has 0 atom stereocenters. The van der Waals surface area contributed by atoms with Crippen molar-refractivity contribution in [3.05, 3.63) is 58.6 Å². The first-order chi connectivity index (χ1) is 10.8. The van der Waals surface area contributed by atoms with Gasteiger partial charge in [-0.3, -0.25) is 9.78 Å². The average molecular weight is 295 g/mol. The van der Waals surface area contributed by atoms with Crippen LogP contribution < -0.4 is 5.56 Å². The van der Waals surface area contributed by atoms with Gasteiger partial charge in [-0.05, 0) is 31.0 Å². The summed E-state index contributed by atoms with van der Waals surface area (Å²) in [7, 11) is 0. The van der Waals surface area contributed by atoms with Gasteiger partial charge in [0.15, 0.2) is 5.82 Å². The van der Waals surface area contributed by atoms with E-state index in [1.54, 1.807) is 12.3 Å². The molecule has 3 heterocycles. The molecule has 0 bridgehead atoms. The molecular weight excluding hydrogens is 282 g/mol. The summed E-state index contributed by atoms with van der Waals surface area (Å²) in [5.41, 5.74) is 1.12. The Morgan fingerprint density at radius 3 is 2.86 bits per heavy atom. The van der Waals surface area contributed by atoms with Gasteiger partial charge < -0.3 is 4.52 Å². The van der Waals surface area contributed by atoms with Crippen LogP contribution in [-0.4, -0.2) is 24.9 Å². The molecule has 1 aliphatic rings. The predicted octanol–water partition coefficient (Wildman–Crippen LogP) is 1.61. The van der Waals surface area contributed by atoms with Gasteiger partial charge in [0.2, 0.25) is 5.89 Å². The molecule has 7 nitrogen and oxygen atoms in total. The van der Waals surface area contributed by atoms with Gasteiger partial charge >= 0.3 is 0 Å². The Balaban J connectivity index is 1.64. The third-order valence-corrected chi connectivity index (χ3v) is 3.51. The molecule has 1 saturated carbocycles. The Bertz CT molecular complexity index is 852. The van der Waals surface area contributed by atoms with Gasteiger partial charge in [0.1, 0.15) is 12.2 Å². The summed E-state index contributed by atoms with van der Waals surface area (Å²) < 4.78 is 6.51. The molecular formula is C15H13N5O2. The van der Waals surface area contributed by atoms with Gasteiger partial charge in [-0.2, -0.15) is 10.1 Å². The van der Waals surface area contributed by atoms with Crippen molar-refractivity contribution in [3.63, 3.8) is 0 Å². The third-order valence-electron chi connectivity index (χ3n) is 3.51. The Hall–Kier alpha value is -2.83. The van der Waals surface area contributed by atoms with Gasteiger partial charge in [0.05, 0.1) is 5.69 Å². The SMILES string of the molecule is O=c1ccc(-c2ccccn2)nn1Cc1nc(C2CC2)no1. The Labute approximate surface area is 125 Å². The summed E-state index contributed by atoms with van der Waals surface area (Å²) in [4.78, 5) is 20.5. The van der Waals surface area contributed by atoms with E-state index in [2.05, 4.69) is 20.2 Å². The number of rotatable bonds is 4. The third kappa shape index (κ3) is 2.52. The zero-order valence-corrected chi connectivity index (χ0v) is 11.7. The number of aromatic nitrogens is 5. The topological polar surface area (TPSA) is 86.7 Å². The molecule has 110 valence electrons. The normalized spacial score (nSPS) is 14.2. The molecule has 1 aliphatic carbocycles. The van der Waals surface area contributed by atoms with Crippen molar-refractivity contribution in [1.82, 2.24) is 24.9 Å². The highest BCUT2D eigenvalue weighted by atomic mass is 16.5. The van der Waals surface area contributed by atoms with Crippen LogP contribution in [0.25, 0.3) is 11.4 Å². The van der Waals surface area contributed by atoms with Crippen molar-refractivity contribution in [1.29, 1.82) is 0 Å². The highest BCUT2D eigenvalue weighted by Crippen LogP contribution is 2.38. The Morgan fingerprint density at radius 2 is 2.09 bits per heavy atom. The summed E-state index contributed by atoms with van der Waals surface area (Å²) >= 11 is 0. The Morgan fingerprint density at radius 1 is 1.18 bits per heavy atom. The fourth-order valence-electron chi connectivity index (χ4n) is 2.18. The van der Waals surface area contributed by atoms with Crippen LogP contribution in [0.15, 0.2) is 45.8 Å². The van der Waals surface area contributed by atoms with Crippen LogP contribution in [0.3, 0.4) is 0 Å². The van der Waals surface area contributed by atoms with Crippen LogP contribution in [0.2, 0.25) is 0 Å². The summed E-state index contributed by atoms with van der Waals surface area (Å²) in [6.45, 7) is 0.166. The van der Waals surface area contributed by atoms with Crippen LogP contribution in [0.5, 0.6) is 0 Å². The van der Waals surface area contributed by atoms with Crippen molar-refractivity contribution >= 4 is 0 Å². The van der Waals surface area contributed by atoms with Gasteiger partial charge in [0, 0.05) is 18.2 Å². The fraction of sp³-hybridized carbons (Fsp3) is 0.267. The van der Waals surface area contributed by atoms with E-state index >= 15 is 0 Å². The summed E-state index contributed by atoms with van der Waals surface area (Å²) in [5.74, 6) is 1.54. The molecule has 0 radical (unpaired) electrons. The molecule has 4 rings (SSSR count). The average Bonchev–Trinajstić information content (AvgIpc) is 3.30.